The van der Waals surface area contributed by atoms with E-state index in [1.54, 1.807) is 0 Å². The maximum Gasteiger partial charge on any atom is 0.226 e. The molecule has 1 amide bonds. The lowest BCUT2D eigenvalue weighted by Crippen LogP contribution is -2.43. The monoisotopic (exact) mass is 280 g/mol. The second-order valence-corrected chi connectivity index (χ2v) is 5.80. The number of aryl methyl sites for hydroxylation is 2. The highest BCUT2D eigenvalue weighted by Gasteiger charge is 2.33. The van der Waals surface area contributed by atoms with E-state index in [0.717, 1.165) is 30.9 Å². The molecule has 0 radical (unpaired) electrons. The number of rotatable bonds is 4. The molecule has 1 saturated heterocycles. The number of nitrogens with zero attached hydrogens (tertiary/aromatic N) is 1. The summed E-state index contributed by atoms with van der Waals surface area (Å²) in [4.78, 5) is 16.6. The summed E-state index contributed by atoms with van der Waals surface area (Å²) in [6.07, 6.45) is 1.84. The zero-order chi connectivity index (χ0) is 14.7. The number of nitrogens with one attached hydrogen (secondary N) is 1. The van der Waals surface area contributed by atoms with Crippen molar-refractivity contribution in [1.29, 1.82) is 0 Å². The van der Waals surface area contributed by atoms with E-state index < -0.39 is 0 Å². The number of hydrogen-bond acceptors (Lipinski definition) is 4. The SMILES string of the molecule is Cc1nc(CNC(=O)[C@H]2CCCO[C@@H]2C(C)C)oc1C. The van der Waals surface area contributed by atoms with Crippen LogP contribution in [-0.4, -0.2) is 23.6 Å². The average Bonchev–Trinajstić information content (AvgIpc) is 2.75. The van der Waals surface area contributed by atoms with Crippen LogP contribution in [0, 0.1) is 25.7 Å². The molecule has 2 atom stereocenters. The van der Waals surface area contributed by atoms with Crippen LogP contribution in [0.15, 0.2) is 4.42 Å². The number of ether oxygens (including phenoxy) is 1. The second-order valence-electron chi connectivity index (χ2n) is 5.80. The van der Waals surface area contributed by atoms with Crippen molar-refractivity contribution >= 4 is 5.91 Å². The Morgan fingerprint density at radius 2 is 2.20 bits per heavy atom. The molecule has 0 aliphatic carbocycles. The van der Waals surface area contributed by atoms with Crippen LogP contribution in [0.5, 0.6) is 0 Å². The van der Waals surface area contributed by atoms with E-state index in [4.69, 9.17) is 9.15 Å². The van der Waals surface area contributed by atoms with Gasteiger partial charge >= 0.3 is 0 Å². The van der Waals surface area contributed by atoms with Gasteiger partial charge in [-0.2, -0.15) is 0 Å². The highest BCUT2D eigenvalue weighted by Crippen LogP contribution is 2.26. The van der Waals surface area contributed by atoms with Gasteiger partial charge in [0.25, 0.3) is 0 Å². The van der Waals surface area contributed by atoms with Crippen LogP contribution >= 0.6 is 0 Å². The molecule has 1 aromatic rings. The molecule has 20 heavy (non-hydrogen) atoms. The Morgan fingerprint density at radius 1 is 1.45 bits per heavy atom. The van der Waals surface area contributed by atoms with Crippen LogP contribution in [-0.2, 0) is 16.1 Å². The molecular weight excluding hydrogens is 256 g/mol. The Morgan fingerprint density at radius 3 is 2.80 bits per heavy atom. The molecule has 0 bridgehead atoms. The maximum atomic E-state index is 12.3. The maximum absolute atomic E-state index is 12.3. The number of amides is 1. The zero-order valence-corrected chi connectivity index (χ0v) is 12.7. The van der Waals surface area contributed by atoms with Crippen LogP contribution in [0.4, 0.5) is 0 Å². The van der Waals surface area contributed by atoms with Gasteiger partial charge in [-0.05, 0) is 32.6 Å². The van der Waals surface area contributed by atoms with Gasteiger partial charge in [0.2, 0.25) is 11.8 Å². The standard InChI is InChI=1S/C15H24N2O3/c1-9(2)14-12(6-5-7-19-14)15(18)16-8-13-17-10(3)11(4)20-13/h9,12,14H,5-8H2,1-4H3,(H,16,18)/t12-,14+/m0/s1. The highest BCUT2D eigenvalue weighted by molar-refractivity contribution is 5.79. The number of carbonyl (C=O) groups is 1. The molecule has 0 aromatic carbocycles. The Bertz CT molecular complexity index is 448. The minimum Gasteiger partial charge on any atom is -0.444 e. The number of carbonyl (C=O) groups excluding carboxylic acids is 1. The largest absolute Gasteiger partial charge is 0.444 e. The molecule has 1 aliphatic heterocycles. The number of aromatic nitrogens is 1. The Balaban J connectivity index is 1.93. The zero-order valence-electron chi connectivity index (χ0n) is 12.7. The van der Waals surface area contributed by atoms with Gasteiger partial charge in [0, 0.05) is 6.61 Å². The van der Waals surface area contributed by atoms with Crippen molar-refractivity contribution in [2.24, 2.45) is 11.8 Å². The quantitative estimate of drug-likeness (QED) is 0.919. The topological polar surface area (TPSA) is 64.4 Å². The molecule has 112 valence electrons. The van der Waals surface area contributed by atoms with E-state index in [0.29, 0.717) is 18.4 Å². The van der Waals surface area contributed by atoms with Gasteiger partial charge in [0.1, 0.15) is 5.76 Å². The number of hydrogen-bond donors (Lipinski definition) is 1. The second kappa shape index (κ2) is 6.39. The third-order valence-corrected chi connectivity index (χ3v) is 3.85. The third-order valence-electron chi connectivity index (χ3n) is 3.85. The molecule has 2 heterocycles. The molecule has 0 saturated carbocycles. The average molecular weight is 280 g/mol. The van der Waals surface area contributed by atoms with E-state index in [1.807, 2.05) is 13.8 Å². The van der Waals surface area contributed by atoms with Crippen molar-refractivity contribution in [3.63, 3.8) is 0 Å². The normalized spacial score (nSPS) is 23.1. The van der Waals surface area contributed by atoms with E-state index in [2.05, 4.69) is 24.1 Å². The molecule has 2 rings (SSSR count). The summed E-state index contributed by atoms with van der Waals surface area (Å²) in [5.74, 6) is 1.68. The molecule has 1 aliphatic rings. The number of oxazole rings is 1. The van der Waals surface area contributed by atoms with Crippen LogP contribution in [0.2, 0.25) is 0 Å². The summed E-state index contributed by atoms with van der Waals surface area (Å²) in [7, 11) is 0. The summed E-state index contributed by atoms with van der Waals surface area (Å²) in [5, 5.41) is 2.92. The fraction of sp³-hybridized carbons (Fsp3) is 0.733. The summed E-state index contributed by atoms with van der Waals surface area (Å²) < 4.78 is 11.2. The summed E-state index contributed by atoms with van der Waals surface area (Å²) in [6, 6.07) is 0. The Kier molecular flexibility index (Phi) is 4.81. The van der Waals surface area contributed by atoms with Crippen molar-refractivity contribution in [2.75, 3.05) is 6.61 Å². The fourth-order valence-electron chi connectivity index (χ4n) is 2.65. The highest BCUT2D eigenvalue weighted by atomic mass is 16.5. The first-order chi connectivity index (χ1) is 9.49. The van der Waals surface area contributed by atoms with Gasteiger partial charge in [-0.25, -0.2) is 4.98 Å². The fourth-order valence-corrected chi connectivity index (χ4v) is 2.65. The van der Waals surface area contributed by atoms with Gasteiger partial charge in [0.15, 0.2) is 0 Å². The van der Waals surface area contributed by atoms with Gasteiger partial charge < -0.3 is 14.5 Å². The minimum atomic E-state index is -0.0686. The smallest absolute Gasteiger partial charge is 0.226 e. The minimum absolute atomic E-state index is 0.0109. The van der Waals surface area contributed by atoms with E-state index >= 15 is 0 Å². The summed E-state index contributed by atoms with van der Waals surface area (Å²) in [5.41, 5.74) is 0.871. The molecule has 1 N–H and O–H groups in total. The first-order valence-electron chi connectivity index (χ1n) is 7.31. The molecular formula is C15H24N2O3. The van der Waals surface area contributed by atoms with Gasteiger partial charge in [-0.1, -0.05) is 13.8 Å². The van der Waals surface area contributed by atoms with E-state index in [9.17, 15) is 4.79 Å². The molecule has 5 nitrogen and oxygen atoms in total. The van der Waals surface area contributed by atoms with Gasteiger partial charge in [0.05, 0.1) is 24.3 Å². The lowest BCUT2D eigenvalue weighted by atomic mass is 9.87. The van der Waals surface area contributed by atoms with Crippen molar-refractivity contribution in [1.82, 2.24) is 10.3 Å². The van der Waals surface area contributed by atoms with Crippen LogP contribution < -0.4 is 5.32 Å². The summed E-state index contributed by atoms with van der Waals surface area (Å²) in [6.45, 7) is 9.05. The van der Waals surface area contributed by atoms with Gasteiger partial charge in [-0.3, -0.25) is 4.79 Å². The molecule has 5 heteroatoms. The van der Waals surface area contributed by atoms with Crippen LogP contribution in [0.1, 0.15) is 44.0 Å². The van der Waals surface area contributed by atoms with E-state index in [1.165, 1.54) is 0 Å². The van der Waals surface area contributed by atoms with Crippen molar-refractivity contribution in [3.05, 3.63) is 17.3 Å². The Hall–Kier alpha value is -1.36. The molecule has 0 spiro atoms. The third kappa shape index (κ3) is 3.39. The van der Waals surface area contributed by atoms with Crippen LogP contribution in [0.3, 0.4) is 0 Å². The van der Waals surface area contributed by atoms with Crippen LogP contribution in [0.25, 0.3) is 0 Å². The molecule has 1 aromatic heterocycles. The Labute approximate surface area is 120 Å². The lowest BCUT2D eigenvalue weighted by Gasteiger charge is -2.33. The first-order valence-corrected chi connectivity index (χ1v) is 7.31. The summed E-state index contributed by atoms with van der Waals surface area (Å²) >= 11 is 0. The van der Waals surface area contributed by atoms with Crippen molar-refractivity contribution in [3.8, 4) is 0 Å². The molecule has 1 fully saturated rings. The van der Waals surface area contributed by atoms with Crippen molar-refractivity contribution < 1.29 is 13.9 Å². The molecule has 0 unspecified atom stereocenters. The van der Waals surface area contributed by atoms with Crippen molar-refractivity contribution in [2.45, 2.75) is 53.2 Å². The first kappa shape index (κ1) is 15.0. The lowest BCUT2D eigenvalue weighted by molar-refractivity contribution is -0.137. The predicted octanol–water partition coefficient (Wildman–Crippen LogP) is 2.36. The predicted molar refractivity (Wildman–Crippen MR) is 75.1 cm³/mol. The van der Waals surface area contributed by atoms with E-state index in [-0.39, 0.29) is 17.9 Å². The van der Waals surface area contributed by atoms with Gasteiger partial charge in [-0.15, -0.1) is 0 Å².